The summed E-state index contributed by atoms with van der Waals surface area (Å²) in [7, 11) is 0. The van der Waals surface area contributed by atoms with E-state index in [1.807, 2.05) is 0 Å². The third-order valence-corrected chi connectivity index (χ3v) is 5.18. The number of nitrogens with two attached hydrogens (primary N) is 1. The van der Waals surface area contributed by atoms with Gasteiger partial charge in [-0.25, -0.2) is 4.79 Å². The number of aliphatic carboxylic acids is 3. The van der Waals surface area contributed by atoms with Crippen molar-refractivity contribution in [3.05, 3.63) is 29.8 Å². The molecule has 4 unspecified atom stereocenters. The van der Waals surface area contributed by atoms with E-state index in [2.05, 4.69) is 28.6 Å². The van der Waals surface area contributed by atoms with Crippen LogP contribution < -0.4 is 21.7 Å². The van der Waals surface area contributed by atoms with E-state index >= 15 is 0 Å². The minimum atomic E-state index is -1.63. The third kappa shape index (κ3) is 10.6. The molecule has 0 saturated heterocycles. The van der Waals surface area contributed by atoms with Crippen LogP contribution in [0, 0.1) is 0 Å². The fourth-order valence-electron chi connectivity index (χ4n) is 2.91. The molecule has 198 valence electrons. The molecular formula is C21H28N4O10S. The van der Waals surface area contributed by atoms with E-state index in [9.17, 15) is 39.0 Å². The Bertz CT molecular complexity index is 972. The lowest BCUT2D eigenvalue weighted by Gasteiger charge is -2.23. The van der Waals surface area contributed by atoms with Crippen LogP contribution in [0.3, 0.4) is 0 Å². The van der Waals surface area contributed by atoms with Crippen LogP contribution >= 0.6 is 12.6 Å². The Labute approximate surface area is 210 Å². The van der Waals surface area contributed by atoms with Crippen molar-refractivity contribution < 1.29 is 49.2 Å². The second-order valence-electron chi connectivity index (χ2n) is 7.71. The number of hydrogen-bond acceptors (Lipinski definition) is 9. The lowest BCUT2D eigenvalue weighted by molar-refractivity contribution is -0.144. The van der Waals surface area contributed by atoms with Gasteiger partial charge in [-0.05, 0) is 30.5 Å². The van der Waals surface area contributed by atoms with Crippen molar-refractivity contribution in [2.75, 3.05) is 5.75 Å². The molecule has 0 bridgehead atoms. The zero-order valence-corrected chi connectivity index (χ0v) is 19.8. The van der Waals surface area contributed by atoms with E-state index in [4.69, 9.17) is 15.9 Å². The van der Waals surface area contributed by atoms with Crippen molar-refractivity contribution in [1.82, 2.24) is 16.0 Å². The zero-order valence-electron chi connectivity index (χ0n) is 18.9. The molecule has 0 fully saturated rings. The number of nitrogens with one attached hydrogen (secondary N) is 3. The minimum absolute atomic E-state index is 0.00862. The Morgan fingerprint density at radius 3 is 1.83 bits per heavy atom. The van der Waals surface area contributed by atoms with Gasteiger partial charge in [0.1, 0.15) is 23.9 Å². The van der Waals surface area contributed by atoms with Crippen molar-refractivity contribution in [1.29, 1.82) is 0 Å². The van der Waals surface area contributed by atoms with Gasteiger partial charge in [-0.15, -0.1) is 0 Å². The molecule has 3 amide bonds. The lowest BCUT2D eigenvalue weighted by Crippen LogP contribution is -2.58. The van der Waals surface area contributed by atoms with Gasteiger partial charge >= 0.3 is 17.9 Å². The molecule has 14 nitrogen and oxygen atoms in total. The highest BCUT2D eigenvalue weighted by molar-refractivity contribution is 7.80. The van der Waals surface area contributed by atoms with E-state index in [0.29, 0.717) is 5.56 Å². The number of carbonyl (C=O) groups is 6. The number of carboxylic acid groups (broad SMARTS) is 3. The highest BCUT2D eigenvalue weighted by Crippen LogP contribution is 2.11. The summed E-state index contributed by atoms with van der Waals surface area (Å²) in [5, 5.41) is 42.9. The van der Waals surface area contributed by atoms with E-state index in [0.717, 1.165) is 0 Å². The van der Waals surface area contributed by atoms with E-state index in [1.54, 1.807) is 0 Å². The molecule has 0 aliphatic rings. The molecule has 1 aromatic rings. The van der Waals surface area contributed by atoms with Crippen molar-refractivity contribution in [3.8, 4) is 5.75 Å². The summed E-state index contributed by atoms with van der Waals surface area (Å²) in [6.45, 7) is 0. The largest absolute Gasteiger partial charge is 0.508 e. The van der Waals surface area contributed by atoms with Gasteiger partial charge in [0.2, 0.25) is 17.7 Å². The first-order valence-electron chi connectivity index (χ1n) is 10.6. The maximum atomic E-state index is 12.7. The van der Waals surface area contributed by atoms with Crippen molar-refractivity contribution in [2.45, 2.75) is 49.9 Å². The number of hydrogen-bond donors (Lipinski definition) is 9. The second-order valence-corrected chi connectivity index (χ2v) is 8.08. The van der Waals surface area contributed by atoms with Crippen LogP contribution in [0.1, 0.15) is 24.8 Å². The van der Waals surface area contributed by atoms with Crippen LogP contribution in [-0.4, -0.2) is 86.0 Å². The van der Waals surface area contributed by atoms with Gasteiger partial charge in [0, 0.05) is 12.2 Å². The first-order valence-corrected chi connectivity index (χ1v) is 11.2. The Kier molecular flexibility index (Phi) is 12.2. The molecule has 9 N–H and O–H groups in total. The maximum Gasteiger partial charge on any atom is 0.326 e. The molecule has 0 heterocycles. The number of aromatic hydroxyl groups is 1. The van der Waals surface area contributed by atoms with Crippen molar-refractivity contribution in [2.24, 2.45) is 5.73 Å². The summed E-state index contributed by atoms with van der Waals surface area (Å²) in [6.07, 6.45) is -1.78. The van der Waals surface area contributed by atoms with Crippen LogP contribution in [0.4, 0.5) is 0 Å². The van der Waals surface area contributed by atoms with Crippen LogP contribution in [0.25, 0.3) is 0 Å². The monoisotopic (exact) mass is 528 g/mol. The first-order chi connectivity index (χ1) is 16.8. The van der Waals surface area contributed by atoms with Gasteiger partial charge < -0.3 is 42.1 Å². The smallest absolute Gasteiger partial charge is 0.326 e. The summed E-state index contributed by atoms with van der Waals surface area (Å²) < 4.78 is 0. The predicted molar refractivity (Wildman–Crippen MR) is 126 cm³/mol. The van der Waals surface area contributed by atoms with Crippen molar-refractivity contribution in [3.63, 3.8) is 0 Å². The van der Waals surface area contributed by atoms with Gasteiger partial charge in [-0.2, -0.15) is 12.6 Å². The van der Waals surface area contributed by atoms with E-state index in [1.165, 1.54) is 24.3 Å². The molecule has 1 rings (SSSR count). The van der Waals surface area contributed by atoms with E-state index < -0.39 is 79.1 Å². The summed E-state index contributed by atoms with van der Waals surface area (Å²) >= 11 is 3.93. The van der Waals surface area contributed by atoms with Gasteiger partial charge in [-0.3, -0.25) is 24.0 Å². The SMILES string of the molecule is NC(Cc1ccc(O)cc1)C(=O)NC(CC(=O)O)C(=O)NC(CS)C(=O)NC(CCC(=O)O)C(=O)O. The summed E-state index contributed by atoms with van der Waals surface area (Å²) in [5.41, 5.74) is 6.44. The van der Waals surface area contributed by atoms with Crippen molar-refractivity contribution >= 4 is 48.3 Å². The van der Waals surface area contributed by atoms with Gasteiger partial charge in [0.15, 0.2) is 0 Å². The minimum Gasteiger partial charge on any atom is -0.508 e. The Balaban J connectivity index is 2.85. The molecule has 0 aliphatic carbocycles. The van der Waals surface area contributed by atoms with Gasteiger partial charge in [-0.1, -0.05) is 12.1 Å². The predicted octanol–water partition coefficient (Wildman–Crippen LogP) is -1.93. The van der Waals surface area contributed by atoms with Gasteiger partial charge in [0.05, 0.1) is 12.5 Å². The molecule has 15 heteroatoms. The number of amides is 3. The standard InChI is InChI=1S/C21H28N4O10S/c22-12(7-10-1-3-11(26)4-2-10)18(31)24-14(8-17(29)30)19(32)25-15(9-36)20(33)23-13(21(34)35)5-6-16(27)28/h1-4,12-15,26,36H,5-9,22H2,(H,23,33)(H,24,31)(H,25,32)(H,27,28)(H,29,30)(H,34,35). The number of rotatable bonds is 15. The molecular weight excluding hydrogens is 500 g/mol. The molecule has 0 saturated carbocycles. The highest BCUT2D eigenvalue weighted by Gasteiger charge is 2.31. The average molecular weight is 529 g/mol. The molecule has 36 heavy (non-hydrogen) atoms. The molecule has 0 aromatic heterocycles. The normalized spacial score (nSPS) is 13.9. The highest BCUT2D eigenvalue weighted by atomic mass is 32.1. The summed E-state index contributed by atoms with van der Waals surface area (Å²) in [6, 6.07) is 0.0549. The molecule has 0 spiro atoms. The number of thiol groups is 1. The van der Waals surface area contributed by atoms with Crippen LogP contribution in [-0.2, 0) is 35.2 Å². The molecule has 1 aromatic carbocycles. The first kappa shape index (κ1) is 30.2. The van der Waals surface area contributed by atoms with E-state index in [-0.39, 0.29) is 17.9 Å². The summed E-state index contributed by atoms with van der Waals surface area (Å²) in [4.78, 5) is 70.8. The third-order valence-electron chi connectivity index (χ3n) is 4.82. The Morgan fingerprint density at radius 2 is 1.33 bits per heavy atom. The van der Waals surface area contributed by atoms with Crippen LogP contribution in [0.15, 0.2) is 24.3 Å². The number of phenolic OH excluding ortho intramolecular Hbond substituents is 1. The zero-order chi connectivity index (χ0) is 27.4. The number of carbonyl (C=O) groups excluding carboxylic acids is 3. The second kappa shape index (κ2) is 14.5. The van der Waals surface area contributed by atoms with Gasteiger partial charge in [0.25, 0.3) is 0 Å². The molecule has 4 atom stereocenters. The number of phenols is 1. The lowest BCUT2D eigenvalue weighted by atomic mass is 10.0. The quantitative estimate of drug-likeness (QED) is 0.113. The Hall–Kier alpha value is -3.85. The number of carboxylic acids is 3. The Morgan fingerprint density at radius 1 is 0.806 bits per heavy atom. The van der Waals surface area contributed by atoms with Crippen LogP contribution in [0.5, 0.6) is 5.75 Å². The number of benzene rings is 1. The fraction of sp³-hybridized carbons (Fsp3) is 0.429. The summed E-state index contributed by atoms with van der Waals surface area (Å²) in [5.74, 6) is -7.43. The molecule has 0 radical (unpaired) electrons. The van der Waals surface area contributed by atoms with Crippen LogP contribution in [0.2, 0.25) is 0 Å². The average Bonchev–Trinajstić information content (AvgIpc) is 2.80. The molecule has 0 aliphatic heterocycles. The fourth-order valence-corrected chi connectivity index (χ4v) is 3.16. The topological polar surface area (TPSA) is 245 Å². The maximum absolute atomic E-state index is 12.7.